The Balaban J connectivity index is 1.49. The van der Waals surface area contributed by atoms with Crippen molar-refractivity contribution in [1.29, 1.82) is 0 Å². The molecule has 2 aromatic rings. The predicted octanol–water partition coefficient (Wildman–Crippen LogP) is 0.169. The monoisotopic (exact) mass is 551 g/mol. The van der Waals surface area contributed by atoms with Gasteiger partial charge in [0.1, 0.15) is 29.4 Å². The van der Waals surface area contributed by atoms with Gasteiger partial charge in [-0.05, 0) is 22.9 Å². The van der Waals surface area contributed by atoms with Crippen LogP contribution in [0.25, 0.3) is 0 Å². The molecule has 2 amide bonds. The molecule has 0 radical (unpaired) electrons. The lowest BCUT2D eigenvalue weighted by Gasteiger charge is -2.49. The molecule has 0 aliphatic carbocycles. The molecule has 1 fully saturated rings. The van der Waals surface area contributed by atoms with Gasteiger partial charge in [-0.1, -0.05) is 23.0 Å². The van der Waals surface area contributed by atoms with Crippen LogP contribution in [-0.2, 0) is 25.8 Å². The lowest BCUT2D eigenvalue weighted by atomic mass is 10.0. The van der Waals surface area contributed by atoms with Gasteiger partial charge >= 0.3 is 5.97 Å². The number of carbonyl (C=O) groups is 3. The van der Waals surface area contributed by atoms with E-state index in [1.165, 1.54) is 33.1 Å². The molecular weight excluding hydrogens is 530 g/mol. The summed E-state index contributed by atoms with van der Waals surface area (Å²) in [6, 6.07) is -0.936. The van der Waals surface area contributed by atoms with Gasteiger partial charge in [-0.25, -0.2) is 14.5 Å². The Hall–Kier alpha value is -3.44. The molecule has 2 aromatic heterocycles. The Kier molecular flexibility index (Phi) is 7.90. The molecule has 4 N–H and O–H groups in total. The summed E-state index contributed by atoms with van der Waals surface area (Å²) in [4.78, 5) is 48.3. The molecule has 2 aliphatic heterocycles. The quantitative estimate of drug-likeness (QED) is 0.113. The molecule has 17 heteroatoms. The van der Waals surface area contributed by atoms with Gasteiger partial charge in [-0.2, -0.15) is 0 Å². The summed E-state index contributed by atoms with van der Waals surface area (Å²) in [5, 5.41) is 29.5. The lowest BCUT2D eigenvalue weighted by Crippen LogP contribution is -2.71. The first-order valence-corrected chi connectivity index (χ1v) is 13.4. The topological polar surface area (TPSA) is 191 Å². The number of amides is 2. The average molecular weight is 552 g/mol. The number of carbonyl (C=O) groups excluding carboxylic acids is 2. The number of thioether (sulfide) groups is 2. The maximum absolute atomic E-state index is 13.0. The summed E-state index contributed by atoms with van der Waals surface area (Å²) in [5.41, 5.74) is 6.21. The highest BCUT2D eigenvalue weighted by Crippen LogP contribution is 2.41. The van der Waals surface area contributed by atoms with E-state index in [2.05, 4.69) is 37.6 Å². The summed E-state index contributed by atoms with van der Waals surface area (Å²) >= 11 is 3.75. The number of nitrogens with two attached hydrogens (primary N) is 1. The zero-order chi connectivity index (χ0) is 25.8. The highest BCUT2D eigenvalue weighted by atomic mass is 32.2. The van der Waals surface area contributed by atoms with Crippen LogP contribution < -0.4 is 11.1 Å². The van der Waals surface area contributed by atoms with Gasteiger partial charge in [0, 0.05) is 16.9 Å². The van der Waals surface area contributed by atoms with Crippen molar-refractivity contribution in [2.75, 3.05) is 23.8 Å². The first-order valence-electron chi connectivity index (χ1n) is 10.5. The zero-order valence-corrected chi connectivity index (χ0v) is 21.3. The normalized spacial score (nSPS) is 19.5. The fourth-order valence-electron chi connectivity index (χ4n) is 3.42. The summed E-state index contributed by atoms with van der Waals surface area (Å²) in [6.45, 7) is 5.99. The number of thiazole rings is 1. The van der Waals surface area contributed by atoms with Crippen molar-refractivity contribution in [3.8, 4) is 0 Å². The second-order valence-corrected chi connectivity index (χ2v) is 10.2. The summed E-state index contributed by atoms with van der Waals surface area (Å²) in [6.07, 6.45) is 1.64. The van der Waals surface area contributed by atoms with Crippen LogP contribution in [0, 0.1) is 0 Å². The maximum atomic E-state index is 13.0. The molecule has 1 saturated heterocycles. The third-order valence-electron chi connectivity index (χ3n) is 4.98. The third kappa shape index (κ3) is 5.07. The fourth-order valence-corrected chi connectivity index (χ4v) is 6.34. The van der Waals surface area contributed by atoms with Gasteiger partial charge in [0.15, 0.2) is 10.8 Å². The number of allylic oxidation sites excluding steroid dienone is 1. The molecule has 2 atom stereocenters. The van der Waals surface area contributed by atoms with Gasteiger partial charge in [-0.15, -0.1) is 34.8 Å². The number of rotatable bonds is 11. The van der Waals surface area contributed by atoms with E-state index in [4.69, 9.17) is 10.6 Å². The first-order chi connectivity index (χ1) is 17.3. The van der Waals surface area contributed by atoms with E-state index in [-0.39, 0.29) is 34.6 Å². The van der Waals surface area contributed by atoms with Crippen molar-refractivity contribution < 1.29 is 24.3 Å². The fraction of sp³-hybridized carbons (Fsp3) is 0.368. The SMILES string of the molecule is C=CCn1nnnc1SCC1=C(C(=O)O)N2C(=O)C(NC(=O)C(=NOCC)c3csc(N)n3)[C@H]2SC1. The molecule has 1 unspecified atom stereocenters. The van der Waals surface area contributed by atoms with Crippen LogP contribution in [-0.4, -0.2) is 88.2 Å². The minimum atomic E-state index is -1.23. The minimum Gasteiger partial charge on any atom is -0.477 e. The van der Waals surface area contributed by atoms with Crippen molar-refractivity contribution in [1.82, 2.24) is 35.4 Å². The van der Waals surface area contributed by atoms with E-state index in [1.54, 1.807) is 18.4 Å². The van der Waals surface area contributed by atoms with Crippen molar-refractivity contribution >= 4 is 63.5 Å². The second-order valence-electron chi connectivity index (χ2n) is 7.27. The number of hydrogen-bond donors (Lipinski definition) is 3. The molecular formula is C19H21N9O5S3. The maximum Gasteiger partial charge on any atom is 0.352 e. The predicted molar refractivity (Wildman–Crippen MR) is 133 cm³/mol. The van der Waals surface area contributed by atoms with Crippen LogP contribution in [0.15, 0.2) is 39.6 Å². The summed E-state index contributed by atoms with van der Waals surface area (Å²) in [7, 11) is 0. The van der Waals surface area contributed by atoms with Crippen molar-refractivity contribution in [3.05, 3.63) is 35.0 Å². The van der Waals surface area contributed by atoms with E-state index >= 15 is 0 Å². The van der Waals surface area contributed by atoms with Gasteiger partial charge in [0.25, 0.3) is 11.8 Å². The largest absolute Gasteiger partial charge is 0.477 e. The molecule has 36 heavy (non-hydrogen) atoms. The van der Waals surface area contributed by atoms with Gasteiger partial charge < -0.3 is 21.0 Å². The number of carboxylic acid groups (broad SMARTS) is 1. The Morgan fingerprint density at radius 2 is 2.31 bits per heavy atom. The van der Waals surface area contributed by atoms with Crippen molar-refractivity contribution in [2.45, 2.75) is 30.0 Å². The van der Waals surface area contributed by atoms with Gasteiger partial charge in [0.2, 0.25) is 5.16 Å². The molecule has 4 heterocycles. The van der Waals surface area contributed by atoms with E-state index in [0.717, 1.165) is 11.3 Å². The van der Waals surface area contributed by atoms with Crippen LogP contribution in [0.2, 0.25) is 0 Å². The van der Waals surface area contributed by atoms with Gasteiger partial charge in [-0.3, -0.25) is 14.5 Å². The lowest BCUT2D eigenvalue weighted by molar-refractivity contribution is -0.150. The molecule has 0 spiro atoms. The third-order valence-corrected chi connectivity index (χ3v) is 8.03. The number of aliphatic carboxylic acids is 1. The van der Waals surface area contributed by atoms with Crippen LogP contribution in [0.4, 0.5) is 5.13 Å². The average Bonchev–Trinajstić information content (AvgIpc) is 3.49. The van der Waals surface area contributed by atoms with Crippen LogP contribution in [0.1, 0.15) is 12.6 Å². The molecule has 0 saturated carbocycles. The number of nitrogens with one attached hydrogen (secondary N) is 1. The molecule has 0 aromatic carbocycles. The zero-order valence-electron chi connectivity index (χ0n) is 18.9. The number of β-lactam (4-membered cyclic amide) rings is 1. The summed E-state index contributed by atoms with van der Waals surface area (Å²) in [5.74, 6) is -1.82. The van der Waals surface area contributed by atoms with E-state index in [9.17, 15) is 19.5 Å². The number of aromatic nitrogens is 5. The summed E-state index contributed by atoms with van der Waals surface area (Å²) < 4.78 is 1.54. The molecule has 4 rings (SSSR count). The van der Waals surface area contributed by atoms with Crippen LogP contribution in [0.5, 0.6) is 0 Å². The van der Waals surface area contributed by atoms with Crippen molar-refractivity contribution in [2.24, 2.45) is 5.16 Å². The second kappa shape index (κ2) is 11.1. The number of carboxylic acids is 1. The number of fused-ring (bicyclic) bond motifs is 1. The molecule has 14 nitrogen and oxygen atoms in total. The first kappa shape index (κ1) is 25.6. The van der Waals surface area contributed by atoms with E-state index < -0.39 is 29.2 Å². The number of nitrogen functional groups attached to an aromatic ring is 1. The Morgan fingerprint density at radius 3 is 2.97 bits per heavy atom. The Bertz CT molecular complexity index is 1260. The van der Waals surface area contributed by atoms with Crippen LogP contribution >= 0.6 is 34.9 Å². The Morgan fingerprint density at radius 1 is 1.50 bits per heavy atom. The van der Waals surface area contributed by atoms with Crippen molar-refractivity contribution in [3.63, 3.8) is 0 Å². The molecule has 2 aliphatic rings. The number of hydrogen-bond acceptors (Lipinski definition) is 13. The molecule has 190 valence electrons. The number of oxime groups is 1. The minimum absolute atomic E-state index is 0.0972. The number of anilines is 1. The van der Waals surface area contributed by atoms with Crippen LogP contribution in [0.3, 0.4) is 0 Å². The number of nitrogens with zero attached hydrogens (tertiary/aromatic N) is 7. The number of tetrazole rings is 1. The highest BCUT2D eigenvalue weighted by molar-refractivity contribution is 8.01. The van der Waals surface area contributed by atoms with Gasteiger partial charge in [0.05, 0.1) is 6.54 Å². The standard InChI is InChI=1S/C19H21N9O5S3/c1-3-5-27-19(23-25-26-27)36-7-9-6-34-16-12(15(30)28(16)13(9)17(31)32)22-14(29)11(24-33-4-2)10-8-35-18(20)21-10/h3,8,12,16H,1,4-7H2,2H3,(H2,20,21)(H,22,29)(H,31,32)/t12?,16-/m1/s1. The Labute approximate surface area is 217 Å². The van der Waals surface area contributed by atoms with E-state index in [1.807, 2.05) is 0 Å². The highest BCUT2D eigenvalue weighted by Gasteiger charge is 2.54. The van der Waals surface area contributed by atoms with E-state index in [0.29, 0.717) is 23.0 Å². The molecule has 0 bridgehead atoms. The smallest absolute Gasteiger partial charge is 0.352 e.